The summed E-state index contributed by atoms with van der Waals surface area (Å²) in [6.45, 7) is 0.745. The van der Waals surface area contributed by atoms with Gasteiger partial charge in [-0.2, -0.15) is 0 Å². The van der Waals surface area contributed by atoms with E-state index in [4.69, 9.17) is 16.3 Å². The van der Waals surface area contributed by atoms with Crippen molar-refractivity contribution < 1.29 is 9.84 Å². The molecule has 0 aromatic heterocycles. The van der Waals surface area contributed by atoms with Gasteiger partial charge in [-0.15, -0.1) is 0 Å². The Kier molecular flexibility index (Phi) is 4.73. The summed E-state index contributed by atoms with van der Waals surface area (Å²) in [5, 5.41) is 12.8. The van der Waals surface area contributed by atoms with Crippen molar-refractivity contribution in [3.05, 3.63) is 29.3 Å². The third-order valence-electron chi connectivity index (χ3n) is 1.71. The molecule has 0 aliphatic carbocycles. The Morgan fingerprint density at radius 1 is 1.50 bits per heavy atom. The average Bonchev–Trinajstić information content (AvgIpc) is 2.17. The van der Waals surface area contributed by atoms with Gasteiger partial charge in [-0.1, -0.05) is 23.7 Å². The largest absolute Gasteiger partial charge is 0.489 e. The first kappa shape index (κ1) is 11.3. The maximum atomic E-state index is 9.37. The molecule has 1 rings (SSSR count). The lowest BCUT2D eigenvalue weighted by Gasteiger charge is -2.12. The summed E-state index contributed by atoms with van der Waals surface area (Å²) < 4.78 is 5.33. The number of para-hydroxylation sites is 1. The van der Waals surface area contributed by atoms with Gasteiger partial charge in [0, 0.05) is 6.54 Å². The number of aliphatic hydroxyl groups is 1. The molecule has 0 bridgehead atoms. The van der Waals surface area contributed by atoms with E-state index in [1.165, 1.54) is 0 Å². The van der Waals surface area contributed by atoms with Gasteiger partial charge >= 0.3 is 0 Å². The Morgan fingerprint density at radius 2 is 2.21 bits per heavy atom. The first-order valence-electron chi connectivity index (χ1n) is 4.44. The number of aliphatic hydroxyl groups excluding tert-OH is 1. The van der Waals surface area contributed by atoms with E-state index in [-0.39, 0.29) is 6.61 Å². The lowest BCUT2D eigenvalue weighted by Crippen LogP contribution is -2.29. The van der Waals surface area contributed by atoms with Crippen LogP contribution in [0.4, 0.5) is 0 Å². The van der Waals surface area contributed by atoms with E-state index in [1.807, 2.05) is 12.1 Å². The Labute approximate surface area is 88.7 Å². The van der Waals surface area contributed by atoms with Crippen molar-refractivity contribution in [1.29, 1.82) is 0 Å². The molecule has 78 valence electrons. The van der Waals surface area contributed by atoms with Gasteiger partial charge in [0.2, 0.25) is 0 Å². The third kappa shape index (κ3) is 3.54. The topological polar surface area (TPSA) is 41.5 Å². The zero-order chi connectivity index (χ0) is 10.4. The van der Waals surface area contributed by atoms with Gasteiger partial charge in [-0.05, 0) is 19.2 Å². The summed E-state index contributed by atoms with van der Waals surface area (Å²) in [4.78, 5) is 0. The van der Waals surface area contributed by atoms with Crippen LogP contribution < -0.4 is 10.1 Å². The van der Waals surface area contributed by atoms with Gasteiger partial charge < -0.3 is 15.2 Å². The highest BCUT2D eigenvalue weighted by molar-refractivity contribution is 6.32. The van der Waals surface area contributed by atoms with Gasteiger partial charge in [0.05, 0.1) is 5.02 Å². The number of hydrogen-bond acceptors (Lipinski definition) is 3. The third-order valence-corrected chi connectivity index (χ3v) is 2.02. The number of benzene rings is 1. The summed E-state index contributed by atoms with van der Waals surface area (Å²) in [6.07, 6.45) is -0.517. The maximum absolute atomic E-state index is 9.37. The molecule has 0 saturated heterocycles. The minimum absolute atomic E-state index is 0.241. The minimum atomic E-state index is -0.517. The monoisotopic (exact) mass is 215 g/mol. The fourth-order valence-corrected chi connectivity index (χ4v) is 1.23. The molecule has 3 nitrogen and oxygen atoms in total. The van der Waals surface area contributed by atoms with Crippen LogP contribution in [0.5, 0.6) is 5.75 Å². The summed E-state index contributed by atoms with van der Waals surface area (Å²) in [5.74, 6) is 0.601. The highest BCUT2D eigenvalue weighted by atomic mass is 35.5. The van der Waals surface area contributed by atoms with Crippen molar-refractivity contribution in [3.63, 3.8) is 0 Å². The Hall–Kier alpha value is -0.770. The Morgan fingerprint density at radius 3 is 2.86 bits per heavy atom. The van der Waals surface area contributed by atoms with Gasteiger partial charge in [0.25, 0.3) is 0 Å². The van der Waals surface area contributed by atoms with Crippen LogP contribution in [0.15, 0.2) is 24.3 Å². The van der Waals surface area contributed by atoms with Crippen molar-refractivity contribution in [2.45, 2.75) is 6.10 Å². The summed E-state index contributed by atoms with van der Waals surface area (Å²) >= 11 is 5.86. The standard InChI is InChI=1S/C10H14ClNO2/c1-12-6-8(13)7-14-10-5-3-2-4-9(10)11/h2-5,8,12-13H,6-7H2,1H3. The predicted octanol–water partition coefficient (Wildman–Crippen LogP) is 1.30. The molecular formula is C10H14ClNO2. The molecule has 0 radical (unpaired) electrons. The second-order valence-electron chi connectivity index (χ2n) is 2.95. The molecule has 1 aromatic rings. The fraction of sp³-hybridized carbons (Fsp3) is 0.400. The van der Waals surface area contributed by atoms with Crippen LogP contribution in [-0.4, -0.2) is 31.4 Å². The lowest BCUT2D eigenvalue weighted by molar-refractivity contribution is 0.108. The van der Waals surface area contributed by atoms with Crippen LogP contribution in [-0.2, 0) is 0 Å². The fourth-order valence-electron chi connectivity index (χ4n) is 1.04. The number of likely N-dealkylation sites (N-methyl/N-ethyl adjacent to an activating group) is 1. The maximum Gasteiger partial charge on any atom is 0.138 e. The summed E-state index contributed by atoms with van der Waals surface area (Å²) in [6, 6.07) is 7.20. The molecule has 0 amide bonds. The van der Waals surface area contributed by atoms with Crippen LogP contribution in [0.2, 0.25) is 5.02 Å². The quantitative estimate of drug-likeness (QED) is 0.778. The molecule has 0 spiro atoms. The number of ether oxygens (including phenoxy) is 1. The first-order valence-corrected chi connectivity index (χ1v) is 4.82. The highest BCUT2D eigenvalue weighted by Gasteiger charge is 2.05. The zero-order valence-electron chi connectivity index (χ0n) is 8.03. The molecular weight excluding hydrogens is 202 g/mol. The van der Waals surface area contributed by atoms with Crippen LogP contribution in [0.25, 0.3) is 0 Å². The van der Waals surface area contributed by atoms with E-state index < -0.39 is 6.10 Å². The second-order valence-corrected chi connectivity index (χ2v) is 3.36. The first-order chi connectivity index (χ1) is 6.74. The van der Waals surface area contributed by atoms with Crippen molar-refractivity contribution in [2.24, 2.45) is 0 Å². The molecule has 1 unspecified atom stereocenters. The Bertz CT molecular complexity index is 281. The van der Waals surface area contributed by atoms with Gasteiger partial charge in [0.15, 0.2) is 0 Å². The van der Waals surface area contributed by atoms with E-state index in [9.17, 15) is 5.11 Å². The van der Waals surface area contributed by atoms with Crippen LogP contribution in [0, 0.1) is 0 Å². The SMILES string of the molecule is CNCC(O)COc1ccccc1Cl. The molecule has 2 N–H and O–H groups in total. The van der Waals surface area contributed by atoms with E-state index in [0.29, 0.717) is 17.3 Å². The molecule has 1 aromatic carbocycles. The van der Waals surface area contributed by atoms with Gasteiger partial charge in [0.1, 0.15) is 18.5 Å². The van der Waals surface area contributed by atoms with Gasteiger partial charge in [-0.25, -0.2) is 0 Å². The number of hydrogen-bond donors (Lipinski definition) is 2. The highest BCUT2D eigenvalue weighted by Crippen LogP contribution is 2.22. The smallest absolute Gasteiger partial charge is 0.138 e. The van der Waals surface area contributed by atoms with Crippen molar-refractivity contribution in [1.82, 2.24) is 5.32 Å². The predicted molar refractivity (Wildman–Crippen MR) is 56.9 cm³/mol. The van der Waals surface area contributed by atoms with E-state index in [1.54, 1.807) is 19.2 Å². The molecule has 0 saturated carbocycles. The number of rotatable bonds is 5. The Balaban J connectivity index is 2.41. The molecule has 0 fully saturated rings. The van der Waals surface area contributed by atoms with Gasteiger partial charge in [-0.3, -0.25) is 0 Å². The second kappa shape index (κ2) is 5.86. The van der Waals surface area contributed by atoms with Crippen LogP contribution in [0.1, 0.15) is 0 Å². The minimum Gasteiger partial charge on any atom is -0.489 e. The molecule has 0 aliphatic rings. The van der Waals surface area contributed by atoms with Crippen molar-refractivity contribution in [3.8, 4) is 5.75 Å². The number of halogens is 1. The van der Waals surface area contributed by atoms with E-state index in [0.717, 1.165) is 0 Å². The van der Waals surface area contributed by atoms with Crippen LogP contribution >= 0.6 is 11.6 Å². The molecule has 1 atom stereocenters. The van der Waals surface area contributed by atoms with E-state index in [2.05, 4.69) is 5.32 Å². The lowest BCUT2D eigenvalue weighted by atomic mass is 10.3. The average molecular weight is 216 g/mol. The molecule has 14 heavy (non-hydrogen) atoms. The van der Waals surface area contributed by atoms with E-state index >= 15 is 0 Å². The van der Waals surface area contributed by atoms with Crippen molar-refractivity contribution >= 4 is 11.6 Å². The number of nitrogens with one attached hydrogen (secondary N) is 1. The molecule has 4 heteroatoms. The molecule has 0 heterocycles. The van der Waals surface area contributed by atoms with Crippen molar-refractivity contribution in [2.75, 3.05) is 20.2 Å². The summed E-state index contributed by atoms with van der Waals surface area (Å²) in [5.41, 5.74) is 0. The zero-order valence-corrected chi connectivity index (χ0v) is 8.79. The molecule has 0 aliphatic heterocycles. The summed E-state index contributed by atoms with van der Waals surface area (Å²) in [7, 11) is 1.78. The van der Waals surface area contributed by atoms with Crippen LogP contribution in [0.3, 0.4) is 0 Å². The normalized spacial score (nSPS) is 12.5.